The van der Waals surface area contributed by atoms with E-state index in [0.717, 1.165) is 12.0 Å². The zero-order valence-corrected chi connectivity index (χ0v) is 8.52. The first-order chi connectivity index (χ1) is 5.74. The van der Waals surface area contributed by atoms with E-state index in [1.54, 1.807) is 0 Å². The van der Waals surface area contributed by atoms with Crippen molar-refractivity contribution < 1.29 is 4.39 Å². The first-order valence-corrected chi connectivity index (χ1v) is 4.74. The van der Waals surface area contributed by atoms with Crippen molar-refractivity contribution in [2.75, 3.05) is 0 Å². The molecule has 0 bridgehead atoms. The second-order valence-corrected chi connectivity index (χ2v) is 2.94. The lowest BCUT2D eigenvalue weighted by Gasteiger charge is -1.95. The predicted octanol–water partition coefficient (Wildman–Crippen LogP) is 4.24. The van der Waals surface area contributed by atoms with Gasteiger partial charge in [-0.25, -0.2) is 4.39 Å². The maximum Gasteiger partial charge on any atom is 0.103 e. The lowest BCUT2D eigenvalue weighted by molar-refractivity contribution is 0.540. The number of allylic oxidation sites excluding steroid dienone is 4. The van der Waals surface area contributed by atoms with Crippen LogP contribution in [0.3, 0.4) is 0 Å². The van der Waals surface area contributed by atoms with Crippen molar-refractivity contribution in [1.82, 2.24) is 0 Å². The molecule has 1 unspecified atom stereocenters. The summed E-state index contributed by atoms with van der Waals surface area (Å²) >= 11 is 0. The Bertz CT molecular complexity index is 177. The van der Waals surface area contributed by atoms with Crippen LogP contribution >= 0.6 is 0 Å². The highest BCUT2D eigenvalue weighted by atomic mass is 19.1. The Morgan fingerprint density at radius 2 is 1.92 bits per heavy atom. The molecule has 12 heavy (non-hydrogen) atoms. The van der Waals surface area contributed by atoms with Gasteiger partial charge in [0.25, 0.3) is 0 Å². The predicted molar refractivity (Wildman–Crippen MR) is 52.7 cm³/mol. The Hall–Kier alpha value is -0.590. The van der Waals surface area contributed by atoms with E-state index >= 15 is 0 Å². The topological polar surface area (TPSA) is 0 Å². The standard InChI is InChI=1S/C9H13F.C2H6/c1-3-4-8-5-7(2)6-9(8)10;1-2/h3-4,7H,5-6H2,1-2H3;1-2H3/b4-3+;. The van der Waals surface area contributed by atoms with Crippen LogP contribution < -0.4 is 0 Å². The summed E-state index contributed by atoms with van der Waals surface area (Å²) in [4.78, 5) is 0. The highest BCUT2D eigenvalue weighted by Crippen LogP contribution is 2.32. The highest BCUT2D eigenvalue weighted by Gasteiger charge is 2.18. The van der Waals surface area contributed by atoms with E-state index in [4.69, 9.17) is 0 Å². The van der Waals surface area contributed by atoms with E-state index in [1.165, 1.54) is 0 Å². The molecule has 0 aromatic rings. The molecule has 0 nitrogen and oxygen atoms in total. The van der Waals surface area contributed by atoms with Crippen molar-refractivity contribution in [3.8, 4) is 0 Å². The van der Waals surface area contributed by atoms with Crippen molar-refractivity contribution in [2.45, 2.75) is 40.5 Å². The summed E-state index contributed by atoms with van der Waals surface area (Å²) in [5, 5.41) is 0. The van der Waals surface area contributed by atoms with Gasteiger partial charge in [-0.1, -0.05) is 32.9 Å². The average Bonchev–Trinajstić information content (AvgIpc) is 2.35. The summed E-state index contributed by atoms with van der Waals surface area (Å²) in [6.45, 7) is 8.00. The zero-order chi connectivity index (χ0) is 9.56. The van der Waals surface area contributed by atoms with Crippen molar-refractivity contribution >= 4 is 0 Å². The van der Waals surface area contributed by atoms with Crippen molar-refractivity contribution in [3.05, 3.63) is 23.6 Å². The first-order valence-electron chi connectivity index (χ1n) is 4.74. The lowest BCUT2D eigenvalue weighted by atomic mass is 10.1. The van der Waals surface area contributed by atoms with E-state index in [0.29, 0.717) is 12.3 Å². The molecule has 70 valence electrons. The fourth-order valence-corrected chi connectivity index (χ4v) is 1.36. The van der Waals surface area contributed by atoms with Crippen LogP contribution in [0.5, 0.6) is 0 Å². The molecular weight excluding hydrogens is 151 g/mol. The molecule has 0 aromatic heterocycles. The summed E-state index contributed by atoms with van der Waals surface area (Å²) in [7, 11) is 0. The Balaban J connectivity index is 0.000000561. The third kappa shape index (κ3) is 3.21. The first kappa shape index (κ1) is 11.4. The molecule has 0 aromatic carbocycles. The van der Waals surface area contributed by atoms with Crippen LogP contribution in [0.25, 0.3) is 0 Å². The van der Waals surface area contributed by atoms with Gasteiger partial charge in [-0.2, -0.15) is 0 Å². The van der Waals surface area contributed by atoms with Gasteiger partial charge >= 0.3 is 0 Å². The van der Waals surface area contributed by atoms with Crippen LogP contribution in [0.1, 0.15) is 40.5 Å². The summed E-state index contributed by atoms with van der Waals surface area (Å²) in [5.41, 5.74) is 0.898. The molecule has 0 N–H and O–H groups in total. The van der Waals surface area contributed by atoms with Gasteiger partial charge in [0.2, 0.25) is 0 Å². The molecule has 0 radical (unpaired) electrons. The SMILES string of the molecule is C/C=C/C1=C(F)CC(C)C1.CC. The van der Waals surface area contributed by atoms with E-state index < -0.39 is 0 Å². The summed E-state index contributed by atoms with van der Waals surface area (Å²) in [6.07, 6.45) is 5.32. The van der Waals surface area contributed by atoms with Crippen LogP contribution in [0.4, 0.5) is 4.39 Å². The van der Waals surface area contributed by atoms with Gasteiger partial charge in [-0.3, -0.25) is 0 Å². The molecule has 0 spiro atoms. The summed E-state index contributed by atoms with van der Waals surface area (Å²) < 4.78 is 12.9. The maximum atomic E-state index is 12.9. The minimum absolute atomic E-state index is 0.0885. The molecule has 0 saturated heterocycles. The Kier molecular flexibility index (Phi) is 5.69. The Morgan fingerprint density at radius 1 is 1.33 bits per heavy atom. The van der Waals surface area contributed by atoms with Crippen LogP contribution in [-0.2, 0) is 0 Å². The molecule has 1 atom stereocenters. The largest absolute Gasteiger partial charge is 0.212 e. The van der Waals surface area contributed by atoms with Crippen molar-refractivity contribution in [2.24, 2.45) is 5.92 Å². The Labute approximate surface area is 75.2 Å². The van der Waals surface area contributed by atoms with Gasteiger partial charge in [0, 0.05) is 6.42 Å². The average molecular weight is 170 g/mol. The molecule has 0 amide bonds. The van der Waals surface area contributed by atoms with Gasteiger partial charge in [0.05, 0.1) is 0 Å². The Morgan fingerprint density at radius 3 is 2.25 bits per heavy atom. The van der Waals surface area contributed by atoms with Gasteiger partial charge in [-0.15, -0.1) is 0 Å². The normalized spacial score (nSPS) is 22.9. The van der Waals surface area contributed by atoms with E-state index in [9.17, 15) is 4.39 Å². The lowest BCUT2D eigenvalue weighted by Crippen LogP contribution is -1.83. The third-order valence-electron chi connectivity index (χ3n) is 1.81. The quantitative estimate of drug-likeness (QED) is 0.552. The van der Waals surface area contributed by atoms with E-state index in [1.807, 2.05) is 32.9 Å². The van der Waals surface area contributed by atoms with Crippen molar-refractivity contribution in [1.29, 1.82) is 0 Å². The molecule has 1 aliphatic carbocycles. The van der Waals surface area contributed by atoms with Gasteiger partial charge < -0.3 is 0 Å². The molecule has 0 saturated carbocycles. The molecule has 0 heterocycles. The molecule has 1 aliphatic rings. The minimum Gasteiger partial charge on any atom is -0.212 e. The van der Waals surface area contributed by atoms with Crippen LogP contribution in [-0.4, -0.2) is 0 Å². The summed E-state index contributed by atoms with van der Waals surface area (Å²) in [5.74, 6) is 0.594. The molecule has 0 fully saturated rings. The maximum absolute atomic E-state index is 12.9. The summed E-state index contributed by atoms with van der Waals surface area (Å²) in [6, 6.07) is 0. The number of hydrogen-bond donors (Lipinski definition) is 0. The molecule has 0 aliphatic heterocycles. The third-order valence-corrected chi connectivity index (χ3v) is 1.81. The number of halogens is 1. The van der Waals surface area contributed by atoms with Gasteiger partial charge in [0.1, 0.15) is 5.83 Å². The molecule has 1 rings (SSSR count). The molecule has 1 heteroatoms. The van der Waals surface area contributed by atoms with Crippen molar-refractivity contribution in [3.63, 3.8) is 0 Å². The van der Waals surface area contributed by atoms with Crippen LogP contribution in [0.2, 0.25) is 0 Å². The highest BCUT2D eigenvalue weighted by molar-refractivity contribution is 5.26. The fourth-order valence-electron chi connectivity index (χ4n) is 1.36. The number of hydrogen-bond acceptors (Lipinski definition) is 0. The van der Waals surface area contributed by atoms with E-state index in [-0.39, 0.29) is 5.83 Å². The van der Waals surface area contributed by atoms with Gasteiger partial charge in [0.15, 0.2) is 0 Å². The number of rotatable bonds is 1. The second-order valence-electron chi connectivity index (χ2n) is 2.94. The van der Waals surface area contributed by atoms with Crippen LogP contribution in [0, 0.1) is 5.92 Å². The smallest absolute Gasteiger partial charge is 0.103 e. The molecular formula is C11H19F. The van der Waals surface area contributed by atoms with Gasteiger partial charge in [-0.05, 0) is 24.8 Å². The second kappa shape index (κ2) is 5.99. The van der Waals surface area contributed by atoms with Crippen LogP contribution in [0.15, 0.2) is 23.6 Å². The fraction of sp³-hybridized carbons (Fsp3) is 0.636. The zero-order valence-electron chi connectivity index (χ0n) is 8.52. The minimum atomic E-state index is 0.0885. The monoisotopic (exact) mass is 170 g/mol. The van der Waals surface area contributed by atoms with E-state index in [2.05, 4.69) is 6.92 Å².